The Hall–Kier alpha value is -1.32. The molecule has 0 bridgehead atoms. The standard InChI is InChI=1S/C16H18ClNOS/c17-11-10-13-6-8-14(9-7-13)18-16(19)5-1-3-15-4-2-12-20-15/h2,4,6-9,12H,1,3,5,10-11H2,(H,18,19). The van der Waals surface area contributed by atoms with E-state index in [2.05, 4.69) is 16.8 Å². The van der Waals surface area contributed by atoms with Crippen LogP contribution in [-0.2, 0) is 17.6 Å². The number of hydrogen-bond donors (Lipinski definition) is 1. The van der Waals surface area contributed by atoms with Crippen molar-refractivity contribution in [3.8, 4) is 0 Å². The van der Waals surface area contributed by atoms with E-state index in [1.807, 2.05) is 30.3 Å². The molecule has 0 aliphatic rings. The zero-order valence-corrected chi connectivity index (χ0v) is 12.8. The Morgan fingerprint density at radius 1 is 1.15 bits per heavy atom. The average Bonchev–Trinajstić information content (AvgIpc) is 2.94. The lowest BCUT2D eigenvalue weighted by molar-refractivity contribution is -0.116. The van der Waals surface area contributed by atoms with Crippen LogP contribution in [0.1, 0.15) is 23.3 Å². The summed E-state index contributed by atoms with van der Waals surface area (Å²) >= 11 is 7.43. The molecule has 0 aliphatic heterocycles. The van der Waals surface area contributed by atoms with Crippen molar-refractivity contribution in [3.63, 3.8) is 0 Å². The molecule has 0 radical (unpaired) electrons. The Balaban J connectivity index is 1.73. The number of carbonyl (C=O) groups excluding carboxylic acids is 1. The van der Waals surface area contributed by atoms with Crippen molar-refractivity contribution in [2.75, 3.05) is 11.2 Å². The Bertz CT molecular complexity index is 522. The summed E-state index contributed by atoms with van der Waals surface area (Å²) in [6.07, 6.45) is 3.27. The molecule has 1 heterocycles. The molecule has 0 unspecified atom stereocenters. The Morgan fingerprint density at radius 3 is 2.60 bits per heavy atom. The predicted octanol–water partition coefficient (Wildman–Crippen LogP) is 4.49. The monoisotopic (exact) mass is 307 g/mol. The van der Waals surface area contributed by atoms with Gasteiger partial charge in [0.1, 0.15) is 0 Å². The Morgan fingerprint density at radius 2 is 1.95 bits per heavy atom. The maximum absolute atomic E-state index is 11.8. The van der Waals surface area contributed by atoms with Gasteiger partial charge in [0.05, 0.1) is 0 Å². The van der Waals surface area contributed by atoms with E-state index in [4.69, 9.17) is 11.6 Å². The zero-order valence-electron chi connectivity index (χ0n) is 11.3. The lowest BCUT2D eigenvalue weighted by Gasteiger charge is -2.06. The van der Waals surface area contributed by atoms with Gasteiger partial charge in [-0.3, -0.25) is 4.79 Å². The fraction of sp³-hybridized carbons (Fsp3) is 0.312. The number of carbonyl (C=O) groups is 1. The van der Waals surface area contributed by atoms with Crippen molar-refractivity contribution in [2.24, 2.45) is 0 Å². The van der Waals surface area contributed by atoms with Crippen LogP contribution in [0.3, 0.4) is 0 Å². The van der Waals surface area contributed by atoms with E-state index < -0.39 is 0 Å². The highest BCUT2D eigenvalue weighted by atomic mass is 35.5. The Kier molecular flexibility index (Phi) is 6.09. The van der Waals surface area contributed by atoms with Gasteiger partial charge in [-0.1, -0.05) is 18.2 Å². The topological polar surface area (TPSA) is 29.1 Å². The maximum atomic E-state index is 11.8. The van der Waals surface area contributed by atoms with Crippen LogP contribution in [0.2, 0.25) is 0 Å². The van der Waals surface area contributed by atoms with Crippen molar-refractivity contribution >= 4 is 34.5 Å². The van der Waals surface area contributed by atoms with E-state index in [9.17, 15) is 4.79 Å². The average molecular weight is 308 g/mol. The van der Waals surface area contributed by atoms with Crippen LogP contribution in [0.5, 0.6) is 0 Å². The number of hydrogen-bond acceptors (Lipinski definition) is 2. The highest BCUT2D eigenvalue weighted by molar-refractivity contribution is 7.09. The van der Waals surface area contributed by atoms with Gasteiger partial charge >= 0.3 is 0 Å². The van der Waals surface area contributed by atoms with Crippen molar-refractivity contribution in [3.05, 3.63) is 52.2 Å². The molecule has 2 nitrogen and oxygen atoms in total. The summed E-state index contributed by atoms with van der Waals surface area (Å²) in [5.74, 6) is 0.695. The molecule has 0 saturated heterocycles. The van der Waals surface area contributed by atoms with Crippen molar-refractivity contribution < 1.29 is 4.79 Å². The minimum absolute atomic E-state index is 0.0756. The largest absolute Gasteiger partial charge is 0.326 e. The van der Waals surface area contributed by atoms with Crippen LogP contribution < -0.4 is 5.32 Å². The van der Waals surface area contributed by atoms with Gasteiger partial charge in [-0.25, -0.2) is 0 Å². The zero-order chi connectivity index (χ0) is 14.2. The maximum Gasteiger partial charge on any atom is 0.224 e. The highest BCUT2D eigenvalue weighted by Gasteiger charge is 2.03. The molecule has 0 saturated carbocycles. The first-order valence-corrected chi connectivity index (χ1v) is 8.16. The second kappa shape index (κ2) is 8.08. The first-order valence-electron chi connectivity index (χ1n) is 6.75. The second-order valence-electron chi connectivity index (χ2n) is 4.62. The lowest BCUT2D eigenvalue weighted by atomic mass is 10.1. The molecule has 20 heavy (non-hydrogen) atoms. The van der Waals surface area contributed by atoms with Crippen LogP contribution >= 0.6 is 22.9 Å². The van der Waals surface area contributed by atoms with E-state index in [1.165, 1.54) is 10.4 Å². The fourth-order valence-electron chi connectivity index (χ4n) is 1.97. The number of halogens is 1. The summed E-state index contributed by atoms with van der Waals surface area (Å²) in [5, 5.41) is 4.99. The normalized spacial score (nSPS) is 10.4. The fourth-order valence-corrected chi connectivity index (χ4v) is 2.93. The summed E-state index contributed by atoms with van der Waals surface area (Å²) < 4.78 is 0. The third kappa shape index (κ3) is 4.99. The molecule has 1 aromatic heterocycles. The number of thiophene rings is 1. The lowest BCUT2D eigenvalue weighted by Crippen LogP contribution is -2.11. The van der Waals surface area contributed by atoms with E-state index in [1.54, 1.807) is 11.3 Å². The Labute approximate surface area is 128 Å². The van der Waals surface area contributed by atoms with Gasteiger partial charge in [0.15, 0.2) is 0 Å². The number of rotatable bonds is 7. The molecular formula is C16H18ClNOS. The molecule has 4 heteroatoms. The van der Waals surface area contributed by atoms with Crippen LogP contribution in [0, 0.1) is 0 Å². The van der Waals surface area contributed by atoms with Crippen molar-refractivity contribution in [1.29, 1.82) is 0 Å². The summed E-state index contributed by atoms with van der Waals surface area (Å²) in [5.41, 5.74) is 2.04. The van der Waals surface area contributed by atoms with Crippen LogP contribution in [0.15, 0.2) is 41.8 Å². The van der Waals surface area contributed by atoms with Crippen molar-refractivity contribution in [2.45, 2.75) is 25.7 Å². The van der Waals surface area contributed by atoms with Gasteiger partial charge in [0.25, 0.3) is 0 Å². The van der Waals surface area contributed by atoms with E-state index >= 15 is 0 Å². The SMILES string of the molecule is O=C(CCCc1cccs1)Nc1ccc(CCCl)cc1. The van der Waals surface area contributed by atoms with E-state index in [0.717, 1.165) is 24.9 Å². The molecule has 0 atom stereocenters. The molecule has 0 fully saturated rings. The molecule has 2 aromatic rings. The van der Waals surface area contributed by atoms with Gasteiger partial charge in [-0.15, -0.1) is 22.9 Å². The second-order valence-corrected chi connectivity index (χ2v) is 6.03. The summed E-state index contributed by atoms with van der Waals surface area (Å²) in [4.78, 5) is 13.2. The summed E-state index contributed by atoms with van der Waals surface area (Å²) in [7, 11) is 0. The molecule has 106 valence electrons. The van der Waals surface area contributed by atoms with Crippen LogP contribution in [0.25, 0.3) is 0 Å². The number of alkyl halides is 1. The first kappa shape index (κ1) is 15.1. The van der Waals surface area contributed by atoms with Gasteiger partial charge in [-0.2, -0.15) is 0 Å². The smallest absolute Gasteiger partial charge is 0.224 e. The number of amides is 1. The molecular weight excluding hydrogens is 290 g/mol. The first-order chi connectivity index (χ1) is 9.78. The molecule has 1 amide bonds. The van der Waals surface area contributed by atoms with Crippen LogP contribution in [-0.4, -0.2) is 11.8 Å². The van der Waals surface area contributed by atoms with E-state index in [-0.39, 0.29) is 5.91 Å². The minimum Gasteiger partial charge on any atom is -0.326 e. The number of nitrogens with one attached hydrogen (secondary N) is 1. The number of aryl methyl sites for hydroxylation is 2. The van der Waals surface area contributed by atoms with E-state index in [0.29, 0.717) is 12.3 Å². The molecule has 1 N–H and O–H groups in total. The number of benzene rings is 1. The predicted molar refractivity (Wildman–Crippen MR) is 86.8 cm³/mol. The molecule has 0 spiro atoms. The van der Waals surface area contributed by atoms with Gasteiger partial charge in [-0.05, 0) is 48.4 Å². The van der Waals surface area contributed by atoms with Crippen molar-refractivity contribution in [1.82, 2.24) is 0 Å². The summed E-state index contributed by atoms with van der Waals surface area (Å²) in [6, 6.07) is 12.0. The molecule has 2 rings (SSSR count). The van der Waals surface area contributed by atoms with Gasteiger partial charge < -0.3 is 5.32 Å². The highest BCUT2D eigenvalue weighted by Crippen LogP contribution is 2.14. The summed E-state index contributed by atoms with van der Waals surface area (Å²) in [6.45, 7) is 0. The molecule has 1 aromatic carbocycles. The number of anilines is 1. The van der Waals surface area contributed by atoms with Gasteiger partial charge in [0.2, 0.25) is 5.91 Å². The third-order valence-electron chi connectivity index (χ3n) is 3.03. The van der Waals surface area contributed by atoms with Gasteiger partial charge in [0, 0.05) is 22.9 Å². The van der Waals surface area contributed by atoms with Crippen LogP contribution in [0.4, 0.5) is 5.69 Å². The quantitative estimate of drug-likeness (QED) is 0.750. The third-order valence-corrected chi connectivity index (χ3v) is 4.15. The molecule has 0 aliphatic carbocycles. The minimum atomic E-state index is 0.0756.